The zero-order valence-electron chi connectivity index (χ0n) is 20.8. The van der Waals surface area contributed by atoms with Crippen LogP contribution in [0, 0.1) is 5.92 Å². The molecule has 0 spiro atoms. The number of anilines is 3. The third kappa shape index (κ3) is 6.74. The second-order valence-corrected chi connectivity index (χ2v) is 8.42. The molecular formula is C28H29N3O7. The van der Waals surface area contributed by atoms with Crippen molar-refractivity contribution in [3.63, 3.8) is 0 Å². The first-order chi connectivity index (χ1) is 18.4. The molecular weight excluding hydrogens is 490 g/mol. The monoisotopic (exact) mass is 519 g/mol. The molecule has 38 heavy (non-hydrogen) atoms. The number of hydrogen-bond acceptors (Lipinski definition) is 8. The summed E-state index contributed by atoms with van der Waals surface area (Å²) in [7, 11) is 0. The molecule has 0 bridgehead atoms. The first-order valence-electron chi connectivity index (χ1n) is 12.0. The molecule has 3 aromatic rings. The lowest BCUT2D eigenvalue weighted by Crippen LogP contribution is -2.22. The van der Waals surface area contributed by atoms with Crippen LogP contribution in [0.25, 0.3) is 0 Å². The molecule has 0 radical (unpaired) electrons. The van der Waals surface area contributed by atoms with Crippen molar-refractivity contribution in [3.8, 4) is 17.2 Å². The Morgan fingerprint density at radius 1 is 1.05 bits per heavy atom. The van der Waals surface area contributed by atoms with E-state index in [2.05, 4.69) is 10.6 Å². The van der Waals surface area contributed by atoms with E-state index < -0.39 is 18.1 Å². The van der Waals surface area contributed by atoms with Crippen molar-refractivity contribution in [2.24, 2.45) is 5.92 Å². The summed E-state index contributed by atoms with van der Waals surface area (Å²) < 4.78 is 22.2. The van der Waals surface area contributed by atoms with E-state index in [1.807, 2.05) is 6.92 Å². The summed E-state index contributed by atoms with van der Waals surface area (Å²) >= 11 is 0. The van der Waals surface area contributed by atoms with Crippen LogP contribution in [-0.2, 0) is 9.53 Å². The van der Waals surface area contributed by atoms with Gasteiger partial charge < -0.3 is 35.1 Å². The molecule has 1 aliphatic rings. The molecule has 1 aliphatic heterocycles. The van der Waals surface area contributed by atoms with Crippen molar-refractivity contribution in [2.45, 2.75) is 13.0 Å². The number of para-hydroxylation sites is 3. The SMILES string of the molecule is C[C@@H](/C=C/C(=O)Nc1ccccc1N)[C@@H](OC(=O)Nc1ccc2c(c1)OCO2)c1ccccc1OCCO. The summed E-state index contributed by atoms with van der Waals surface area (Å²) in [5.41, 5.74) is 7.88. The van der Waals surface area contributed by atoms with Crippen LogP contribution in [-0.4, -0.2) is 37.1 Å². The number of carbonyl (C=O) groups excluding carboxylic acids is 2. The highest BCUT2D eigenvalue weighted by Gasteiger charge is 2.26. The molecule has 2 amide bonds. The van der Waals surface area contributed by atoms with E-state index in [0.29, 0.717) is 39.9 Å². The van der Waals surface area contributed by atoms with Crippen molar-refractivity contribution in [2.75, 3.05) is 36.4 Å². The summed E-state index contributed by atoms with van der Waals surface area (Å²) in [4.78, 5) is 25.5. The first-order valence-corrected chi connectivity index (χ1v) is 12.0. The molecule has 0 unspecified atom stereocenters. The summed E-state index contributed by atoms with van der Waals surface area (Å²) in [6.45, 7) is 1.81. The van der Waals surface area contributed by atoms with Crippen LogP contribution in [0.4, 0.5) is 21.9 Å². The number of nitrogens with one attached hydrogen (secondary N) is 2. The van der Waals surface area contributed by atoms with Crippen molar-refractivity contribution in [1.29, 1.82) is 0 Å². The number of aliphatic hydroxyl groups is 1. The third-order valence-corrected chi connectivity index (χ3v) is 5.67. The molecule has 198 valence electrons. The zero-order chi connectivity index (χ0) is 26.9. The van der Waals surface area contributed by atoms with Crippen molar-refractivity contribution in [3.05, 3.63) is 84.4 Å². The molecule has 0 saturated heterocycles. The van der Waals surface area contributed by atoms with Gasteiger partial charge in [-0.05, 0) is 36.4 Å². The van der Waals surface area contributed by atoms with Crippen LogP contribution in [0.2, 0.25) is 0 Å². The highest BCUT2D eigenvalue weighted by Crippen LogP contribution is 2.36. The minimum absolute atomic E-state index is 0.0677. The second-order valence-electron chi connectivity index (χ2n) is 8.42. The summed E-state index contributed by atoms with van der Waals surface area (Å²) in [6, 6.07) is 19.0. The number of hydrogen-bond donors (Lipinski definition) is 4. The molecule has 10 heteroatoms. The molecule has 10 nitrogen and oxygen atoms in total. The number of aliphatic hydroxyl groups excluding tert-OH is 1. The number of nitrogens with two attached hydrogens (primary N) is 1. The standard InChI is InChI=1S/C28H29N3O7/c1-18(10-13-26(33)31-22-8-4-3-7-21(22)29)27(20-6-2-5-9-23(20)35-15-14-32)38-28(34)30-19-11-12-24-25(16-19)37-17-36-24/h2-13,16,18,27,32H,14-15,17,29H2,1H3,(H,30,34)(H,31,33)/b13-10+/t18-,27+/m0/s1. The molecule has 1 heterocycles. The van der Waals surface area contributed by atoms with Gasteiger partial charge in [-0.15, -0.1) is 0 Å². The zero-order valence-corrected chi connectivity index (χ0v) is 20.8. The van der Waals surface area contributed by atoms with Gasteiger partial charge >= 0.3 is 6.09 Å². The Morgan fingerprint density at radius 3 is 2.63 bits per heavy atom. The molecule has 4 rings (SSSR count). The van der Waals surface area contributed by atoms with E-state index in [1.165, 1.54) is 6.08 Å². The van der Waals surface area contributed by atoms with Gasteiger partial charge in [-0.1, -0.05) is 43.3 Å². The van der Waals surface area contributed by atoms with E-state index >= 15 is 0 Å². The fourth-order valence-electron chi connectivity index (χ4n) is 3.82. The maximum Gasteiger partial charge on any atom is 0.412 e. The van der Waals surface area contributed by atoms with E-state index in [9.17, 15) is 14.7 Å². The largest absolute Gasteiger partial charge is 0.491 e. The van der Waals surface area contributed by atoms with Gasteiger partial charge in [-0.25, -0.2) is 4.79 Å². The number of rotatable bonds is 10. The Kier molecular flexibility index (Phi) is 8.68. The smallest absolute Gasteiger partial charge is 0.412 e. The quantitative estimate of drug-likeness (QED) is 0.227. The maximum atomic E-state index is 12.9. The van der Waals surface area contributed by atoms with Crippen molar-refractivity contribution in [1.82, 2.24) is 0 Å². The minimum Gasteiger partial charge on any atom is -0.491 e. The number of amides is 2. The van der Waals surface area contributed by atoms with Crippen LogP contribution in [0.5, 0.6) is 17.2 Å². The summed E-state index contributed by atoms with van der Waals surface area (Å²) in [5.74, 6) is 0.720. The normalized spacial score (nSPS) is 13.5. The number of fused-ring (bicyclic) bond motifs is 1. The number of benzene rings is 3. The van der Waals surface area contributed by atoms with Gasteiger partial charge in [0.1, 0.15) is 18.5 Å². The average Bonchev–Trinajstić information content (AvgIpc) is 3.39. The second kappa shape index (κ2) is 12.5. The third-order valence-electron chi connectivity index (χ3n) is 5.67. The number of nitrogen functional groups attached to an aromatic ring is 1. The fraction of sp³-hybridized carbons (Fsp3) is 0.214. The van der Waals surface area contributed by atoms with Gasteiger partial charge in [0.25, 0.3) is 0 Å². The number of carbonyl (C=O) groups is 2. The predicted molar refractivity (Wildman–Crippen MR) is 142 cm³/mol. The lowest BCUT2D eigenvalue weighted by molar-refractivity contribution is -0.111. The minimum atomic E-state index is -0.829. The Labute approximate surface area is 220 Å². The number of ether oxygens (including phenoxy) is 4. The molecule has 2 atom stereocenters. The molecule has 5 N–H and O–H groups in total. The van der Waals surface area contributed by atoms with Gasteiger partial charge in [-0.2, -0.15) is 0 Å². The van der Waals surface area contributed by atoms with Crippen LogP contribution >= 0.6 is 0 Å². The van der Waals surface area contributed by atoms with Crippen LogP contribution in [0.15, 0.2) is 78.9 Å². The van der Waals surface area contributed by atoms with E-state index in [0.717, 1.165) is 0 Å². The van der Waals surface area contributed by atoms with E-state index in [-0.39, 0.29) is 25.9 Å². The van der Waals surface area contributed by atoms with Crippen molar-refractivity contribution >= 4 is 29.1 Å². The highest BCUT2D eigenvalue weighted by molar-refractivity contribution is 6.01. The van der Waals surface area contributed by atoms with Crippen molar-refractivity contribution < 1.29 is 33.6 Å². The van der Waals surface area contributed by atoms with E-state index in [4.69, 9.17) is 24.7 Å². The summed E-state index contributed by atoms with van der Waals surface area (Å²) in [6.07, 6.45) is 1.45. The van der Waals surface area contributed by atoms with Gasteiger partial charge in [0.15, 0.2) is 11.5 Å². The Morgan fingerprint density at radius 2 is 1.82 bits per heavy atom. The van der Waals surface area contributed by atoms with E-state index in [1.54, 1.807) is 72.8 Å². The maximum absolute atomic E-state index is 12.9. The Hall–Kier alpha value is -4.70. The summed E-state index contributed by atoms with van der Waals surface area (Å²) in [5, 5.41) is 14.7. The molecule has 0 saturated carbocycles. The van der Waals surface area contributed by atoms with Gasteiger partial charge in [0, 0.05) is 23.2 Å². The fourth-order valence-corrected chi connectivity index (χ4v) is 3.82. The average molecular weight is 520 g/mol. The van der Waals surface area contributed by atoms with Gasteiger partial charge in [-0.3, -0.25) is 10.1 Å². The molecule has 0 aromatic heterocycles. The Bertz CT molecular complexity index is 1310. The van der Waals surface area contributed by atoms with Crippen LogP contribution in [0.3, 0.4) is 0 Å². The van der Waals surface area contributed by atoms with Crippen LogP contribution < -0.4 is 30.6 Å². The topological polar surface area (TPSA) is 141 Å². The first kappa shape index (κ1) is 26.4. The molecule has 0 aliphatic carbocycles. The highest BCUT2D eigenvalue weighted by atomic mass is 16.7. The van der Waals surface area contributed by atoms with Gasteiger partial charge in [0.2, 0.25) is 12.7 Å². The predicted octanol–water partition coefficient (Wildman–Crippen LogP) is 4.49. The molecule has 3 aromatic carbocycles. The Balaban J connectivity index is 1.52. The van der Waals surface area contributed by atoms with Crippen LogP contribution in [0.1, 0.15) is 18.6 Å². The lowest BCUT2D eigenvalue weighted by Gasteiger charge is -2.25. The van der Waals surface area contributed by atoms with Gasteiger partial charge in [0.05, 0.1) is 18.0 Å². The lowest BCUT2D eigenvalue weighted by atomic mass is 9.95. The molecule has 0 fully saturated rings.